The van der Waals surface area contributed by atoms with Crippen LogP contribution in [0.15, 0.2) is 30.3 Å². The predicted octanol–water partition coefficient (Wildman–Crippen LogP) is 3.36. The number of fused-ring (bicyclic) bond motifs is 1. The maximum atomic E-state index is 13.1. The second-order valence-corrected chi connectivity index (χ2v) is 5.67. The molecular weight excluding hydrogens is 340 g/mol. The lowest BCUT2D eigenvalue weighted by atomic mass is 10.1. The summed E-state index contributed by atoms with van der Waals surface area (Å²) in [5.74, 6) is -1.04. The van der Waals surface area contributed by atoms with Crippen LogP contribution in [0.1, 0.15) is 15.9 Å². The molecule has 0 atom stereocenters. The fourth-order valence-electron chi connectivity index (χ4n) is 2.42. The van der Waals surface area contributed by atoms with Crippen LogP contribution in [0.25, 0.3) is 0 Å². The number of hydrogen-bond donors (Lipinski definition) is 1. The van der Waals surface area contributed by atoms with Crippen molar-refractivity contribution in [1.82, 2.24) is 5.32 Å². The van der Waals surface area contributed by atoms with Crippen molar-refractivity contribution in [2.75, 3.05) is 19.8 Å². The summed E-state index contributed by atoms with van der Waals surface area (Å²) >= 11 is 6.14. The summed E-state index contributed by atoms with van der Waals surface area (Å²) in [5, 5.41) is 3.06. The first-order valence-electron chi connectivity index (χ1n) is 7.35. The predicted molar refractivity (Wildman–Crippen MR) is 84.8 cm³/mol. The summed E-state index contributed by atoms with van der Waals surface area (Å²) in [6, 6.07) is 6.23. The van der Waals surface area contributed by atoms with Crippen molar-refractivity contribution >= 4 is 17.5 Å². The van der Waals surface area contributed by atoms with Crippen molar-refractivity contribution in [2.45, 2.75) is 6.42 Å². The lowest BCUT2D eigenvalue weighted by Crippen LogP contribution is -2.26. The number of ether oxygens (including phenoxy) is 2. The lowest BCUT2D eigenvalue weighted by molar-refractivity contribution is 0.0953. The Hall–Kier alpha value is -2.34. The molecule has 2 aromatic rings. The monoisotopic (exact) mass is 353 g/mol. The van der Waals surface area contributed by atoms with Crippen LogP contribution in [0.4, 0.5) is 8.78 Å². The molecule has 2 aromatic carbocycles. The first-order chi connectivity index (χ1) is 11.5. The Morgan fingerprint density at radius 1 is 1.08 bits per heavy atom. The number of halogens is 3. The minimum atomic E-state index is -0.793. The maximum Gasteiger partial charge on any atom is 0.251 e. The Bertz CT molecular complexity index is 762. The molecule has 1 aliphatic rings. The van der Waals surface area contributed by atoms with Crippen molar-refractivity contribution in [3.05, 3.63) is 58.1 Å². The molecular formula is C17H14ClF2NO3. The van der Waals surface area contributed by atoms with Crippen molar-refractivity contribution in [3.8, 4) is 11.5 Å². The number of amides is 1. The van der Waals surface area contributed by atoms with Crippen LogP contribution < -0.4 is 14.8 Å². The smallest absolute Gasteiger partial charge is 0.251 e. The van der Waals surface area contributed by atoms with E-state index in [1.54, 1.807) is 12.1 Å². The van der Waals surface area contributed by atoms with Gasteiger partial charge in [-0.3, -0.25) is 4.79 Å². The number of hydrogen-bond acceptors (Lipinski definition) is 3. The molecule has 0 aliphatic carbocycles. The highest BCUT2D eigenvalue weighted by Crippen LogP contribution is 2.38. The molecule has 0 aromatic heterocycles. The van der Waals surface area contributed by atoms with Gasteiger partial charge in [0.15, 0.2) is 11.5 Å². The number of nitrogens with one attached hydrogen (secondary N) is 1. The third kappa shape index (κ3) is 3.76. The van der Waals surface area contributed by atoms with E-state index in [0.717, 1.165) is 17.7 Å². The summed E-state index contributed by atoms with van der Waals surface area (Å²) in [4.78, 5) is 11.9. The Kier molecular flexibility index (Phi) is 4.85. The molecule has 126 valence electrons. The molecule has 0 spiro atoms. The SMILES string of the molecule is O=C(NCCc1cc(Cl)c2c(c1)OCCO2)c1cc(F)cc(F)c1. The zero-order valence-electron chi connectivity index (χ0n) is 12.6. The van der Waals surface area contributed by atoms with E-state index in [1.807, 2.05) is 0 Å². The third-order valence-corrected chi connectivity index (χ3v) is 3.76. The largest absolute Gasteiger partial charge is 0.486 e. The Morgan fingerprint density at radius 2 is 1.79 bits per heavy atom. The molecule has 0 unspecified atom stereocenters. The van der Waals surface area contributed by atoms with Crippen LogP contribution in [0.3, 0.4) is 0 Å². The molecule has 24 heavy (non-hydrogen) atoms. The quantitative estimate of drug-likeness (QED) is 0.917. The Morgan fingerprint density at radius 3 is 2.54 bits per heavy atom. The van der Waals surface area contributed by atoms with Gasteiger partial charge in [0, 0.05) is 18.2 Å². The number of rotatable bonds is 4. The molecule has 1 amide bonds. The van der Waals surface area contributed by atoms with Gasteiger partial charge in [0.2, 0.25) is 0 Å². The van der Waals surface area contributed by atoms with E-state index in [4.69, 9.17) is 21.1 Å². The van der Waals surface area contributed by atoms with Crippen LogP contribution in [-0.4, -0.2) is 25.7 Å². The van der Waals surface area contributed by atoms with E-state index in [1.165, 1.54) is 0 Å². The highest BCUT2D eigenvalue weighted by Gasteiger charge is 2.16. The second kappa shape index (κ2) is 7.05. The zero-order valence-corrected chi connectivity index (χ0v) is 13.3. The van der Waals surface area contributed by atoms with E-state index in [9.17, 15) is 13.6 Å². The van der Waals surface area contributed by atoms with E-state index < -0.39 is 17.5 Å². The molecule has 0 bridgehead atoms. The maximum absolute atomic E-state index is 13.1. The fourth-order valence-corrected chi connectivity index (χ4v) is 2.70. The summed E-state index contributed by atoms with van der Waals surface area (Å²) in [7, 11) is 0. The molecule has 3 rings (SSSR count). The minimum Gasteiger partial charge on any atom is -0.486 e. The molecule has 0 saturated heterocycles. The van der Waals surface area contributed by atoms with Crippen LogP contribution in [0.2, 0.25) is 5.02 Å². The highest BCUT2D eigenvalue weighted by molar-refractivity contribution is 6.32. The van der Waals surface area contributed by atoms with E-state index in [-0.39, 0.29) is 12.1 Å². The van der Waals surface area contributed by atoms with Gasteiger partial charge in [0.1, 0.15) is 24.8 Å². The molecule has 4 nitrogen and oxygen atoms in total. The van der Waals surface area contributed by atoms with Gasteiger partial charge in [-0.15, -0.1) is 0 Å². The average Bonchev–Trinajstić information content (AvgIpc) is 2.54. The minimum absolute atomic E-state index is 0.0623. The van der Waals surface area contributed by atoms with Gasteiger partial charge in [0.25, 0.3) is 5.91 Å². The van der Waals surface area contributed by atoms with Crippen LogP contribution in [-0.2, 0) is 6.42 Å². The Labute approximate surface area is 142 Å². The van der Waals surface area contributed by atoms with E-state index in [2.05, 4.69) is 5.32 Å². The van der Waals surface area contributed by atoms with Gasteiger partial charge in [-0.05, 0) is 36.2 Å². The average molecular weight is 354 g/mol. The highest BCUT2D eigenvalue weighted by atomic mass is 35.5. The summed E-state index contributed by atoms with van der Waals surface area (Å²) in [5.41, 5.74) is 0.794. The normalized spacial score (nSPS) is 12.8. The van der Waals surface area contributed by atoms with E-state index in [0.29, 0.717) is 42.2 Å². The van der Waals surface area contributed by atoms with E-state index >= 15 is 0 Å². The molecule has 7 heteroatoms. The topological polar surface area (TPSA) is 47.6 Å². The van der Waals surface area contributed by atoms with Gasteiger partial charge in [0.05, 0.1) is 5.02 Å². The van der Waals surface area contributed by atoms with Crippen molar-refractivity contribution in [2.24, 2.45) is 0 Å². The fraction of sp³-hybridized carbons (Fsp3) is 0.235. The third-order valence-electron chi connectivity index (χ3n) is 3.48. The van der Waals surface area contributed by atoms with Crippen molar-refractivity contribution < 1.29 is 23.0 Å². The van der Waals surface area contributed by atoms with Gasteiger partial charge in [-0.25, -0.2) is 8.78 Å². The number of carbonyl (C=O) groups is 1. The first-order valence-corrected chi connectivity index (χ1v) is 7.73. The summed E-state index contributed by atoms with van der Waals surface area (Å²) in [6.07, 6.45) is 0.486. The molecule has 1 heterocycles. The zero-order chi connectivity index (χ0) is 17.1. The lowest BCUT2D eigenvalue weighted by Gasteiger charge is -2.20. The Balaban J connectivity index is 1.62. The van der Waals surface area contributed by atoms with Gasteiger partial charge >= 0.3 is 0 Å². The number of benzene rings is 2. The summed E-state index contributed by atoms with van der Waals surface area (Å²) < 4.78 is 37.2. The number of carbonyl (C=O) groups excluding carboxylic acids is 1. The van der Waals surface area contributed by atoms with Gasteiger partial charge in [-0.2, -0.15) is 0 Å². The molecule has 0 fully saturated rings. The molecule has 1 N–H and O–H groups in total. The van der Waals surface area contributed by atoms with Crippen LogP contribution >= 0.6 is 11.6 Å². The van der Waals surface area contributed by atoms with Crippen molar-refractivity contribution in [3.63, 3.8) is 0 Å². The van der Waals surface area contributed by atoms with Gasteiger partial charge < -0.3 is 14.8 Å². The van der Waals surface area contributed by atoms with Crippen LogP contribution in [0.5, 0.6) is 11.5 Å². The first kappa shape index (κ1) is 16.5. The molecule has 1 aliphatic heterocycles. The molecule has 0 saturated carbocycles. The van der Waals surface area contributed by atoms with Crippen molar-refractivity contribution in [1.29, 1.82) is 0 Å². The summed E-state index contributed by atoms with van der Waals surface area (Å²) in [6.45, 7) is 1.19. The second-order valence-electron chi connectivity index (χ2n) is 5.27. The van der Waals surface area contributed by atoms with Gasteiger partial charge in [-0.1, -0.05) is 11.6 Å². The molecule has 0 radical (unpaired) electrons. The standard InChI is InChI=1S/C17H14ClF2NO3/c18-14-5-10(6-15-16(14)24-4-3-23-15)1-2-21-17(22)11-7-12(19)9-13(20)8-11/h5-9H,1-4H2,(H,21,22). The van der Waals surface area contributed by atoms with Crippen LogP contribution in [0, 0.1) is 11.6 Å².